The number of nitrogens with one attached hydrogen (secondary N) is 2. The van der Waals surface area contributed by atoms with Crippen LogP contribution in [-0.4, -0.2) is 5.71 Å². The molecule has 2 aromatic rings. The summed E-state index contributed by atoms with van der Waals surface area (Å²) in [6.07, 6.45) is 4.30. The summed E-state index contributed by atoms with van der Waals surface area (Å²) in [6.45, 7) is 8.30. The van der Waals surface area contributed by atoms with Gasteiger partial charge in [-0.3, -0.25) is 0 Å². The summed E-state index contributed by atoms with van der Waals surface area (Å²) >= 11 is 0. The van der Waals surface area contributed by atoms with E-state index in [1.54, 1.807) is 30.4 Å². The highest BCUT2D eigenvalue weighted by atomic mass is 19.1. The molecule has 0 spiro atoms. The van der Waals surface area contributed by atoms with Crippen LogP contribution in [0.1, 0.15) is 31.4 Å². The highest BCUT2D eigenvalue weighted by molar-refractivity contribution is 6.12. The molecule has 4 N–H and O–H groups in total. The molecule has 0 aliphatic rings. The third-order valence-corrected chi connectivity index (χ3v) is 3.63. The lowest BCUT2D eigenvalue weighted by molar-refractivity contribution is 0.628. The Balaban J connectivity index is 2.14. The van der Waals surface area contributed by atoms with Gasteiger partial charge in [0.2, 0.25) is 0 Å². The van der Waals surface area contributed by atoms with Crippen LogP contribution in [0.25, 0.3) is 6.08 Å². The van der Waals surface area contributed by atoms with Gasteiger partial charge in [-0.1, -0.05) is 38.6 Å². The van der Waals surface area contributed by atoms with Crippen molar-refractivity contribution in [2.24, 2.45) is 5.92 Å². The Morgan fingerprint density at radius 2 is 1.92 bits per heavy atom. The molecule has 0 aromatic heterocycles. The van der Waals surface area contributed by atoms with Gasteiger partial charge in [0.05, 0.1) is 5.71 Å². The van der Waals surface area contributed by atoms with E-state index < -0.39 is 0 Å². The Morgan fingerprint density at radius 1 is 1.24 bits per heavy atom. The van der Waals surface area contributed by atoms with Gasteiger partial charge in [0.15, 0.2) is 0 Å². The topological polar surface area (TPSA) is 61.9 Å². The van der Waals surface area contributed by atoms with Crippen LogP contribution in [-0.2, 0) is 0 Å². The SMILES string of the molecule is C=C(CC(C)C)Nc1ccc(N)c(C(=N)/C=C/c2ccc(F)cc2)c1. The number of nitrogens with two attached hydrogens (primary N) is 1. The average molecular weight is 337 g/mol. The number of anilines is 2. The maximum absolute atomic E-state index is 12.9. The van der Waals surface area contributed by atoms with Crippen molar-refractivity contribution in [1.82, 2.24) is 0 Å². The zero-order valence-corrected chi connectivity index (χ0v) is 14.6. The Labute approximate surface area is 148 Å². The zero-order valence-electron chi connectivity index (χ0n) is 14.6. The monoisotopic (exact) mass is 337 g/mol. The van der Waals surface area contributed by atoms with Gasteiger partial charge < -0.3 is 16.5 Å². The standard InChI is InChI=1S/C21H24FN3/c1-14(2)12-15(3)25-18-9-11-21(24)19(13-18)20(23)10-6-16-4-7-17(22)8-5-16/h4-11,13-14,23,25H,3,12,24H2,1-2H3/b10-6+,23-20?. The fraction of sp³-hybridized carbons (Fsp3) is 0.190. The molecule has 130 valence electrons. The quantitative estimate of drug-likeness (QED) is 0.464. The number of allylic oxidation sites excluding steroid dienone is 2. The molecular weight excluding hydrogens is 313 g/mol. The van der Waals surface area contributed by atoms with Crippen molar-refractivity contribution < 1.29 is 4.39 Å². The first-order chi connectivity index (χ1) is 11.8. The molecule has 4 heteroatoms. The second-order valence-electron chi connectivity index (χ2n) is 6.43. The molecule has 2 aromatic carbocycles. The summed E-state index contributed by atoms with van der Waals surface area (Å²) in [4.78, 5) is 0. The van der Waals surface area contributed by atoms with Crippen molar-refractivity contribution in [3.05, 3.63) is 77.8 Å². The van der Waals surface area contributed by atoms with Gasteiger partial charge >= 0.3 is 0 Å². The minimum atomic E-state index is -0.281. The lowest BCUT2D eigenvalue weighted by Gasteiger charge is -2.13. The molecular formula is C21H24FN3. The van der Waals surface area contributed by atoms with E-state index in [1.807, 2.05) is 12.1 Å². The molecule has 0 heterocycles. The van der Waals surface area contributed by atoms with Crippen LogP contribution in [0.15, 0.2) is 60.8 Å². The molecule has 0 fully saturated rings. The highest BCUT2D eigenvalue weighted by Gasteiger charge is 2.06. The van der Waals surface area contributed by atoms with Crippen molar-refractivity contribution in [2.75, 3.05) is 11.1 Å². The second-order valence-corrected chi connectivity index (χ2v) is 6.43. The van der Waals surface area contributed by atoms with Gasteiger partial charge in [-0.15, -0.1) is 0 Å². The number of halogens is 1. The van der Waals surface area contributed by atoms with Crippen molar-refractivity contribution >= 4 is 23.2 Å². The fourth-order valence-electron chi connectivity index (χ4n) is 2.46. The van der Waals surface area contributed by atoms with Gasteiger partial charge in [-0.05, 0) is 54.3 Å². The van der Waals surface area contributed by atoms with Crippen LogP contribution in [0.5, 0.6) is 0 Å². The van der Waals surface area contributed by atoms with E-state index in [-0.39, 0.29) is 5.82 Å². The van der Waals surface area contributed by atoms with Crippen LogP contribution < -0.4 is 11.1 Å². The summed E-state index contributed by atoms with van der Waals surface area (Å²) in [7, 11) is 0. The molecule has 0 aliphatic heterocycles. The molecule has 3 nitrogen and oxygen atoms in total. The molecule has 0 saturated heterocycles. The predicted octanol–water partition coefficient (Wildman–Crippen LogP) is 5.46. The third-order valence-electron chi connectivity index (χ3n) is 3.63. The van der Waals surface area contributed by atoms with E-state index in [0.717, 1.165) is 23.4 Å². The Bertz CT molecular complexity index is 789. The van der Waals surface area contributed by atoms with Crippen molar-refractivity contribution in [3.63, 3.8) is 0 Å². The third kappa shape index (κ3) is 5.60. The van der Waals surface area contributed by atoms with E-state index >= 15 is 0 Å². The highest BCUT2D eigenvalue weighted by Crippen LogP contribution is 2.21. The van der Waals surface area contributed by atoms with Gasteiger partial charge in [0.1, 0.15) is 5.82 Å². The van der Waals surface area contributed by atoms with Crippen LogP contribution in [0.4, 0.5) is 15.8 Å². The molecule has 0 saturated carbocycles. The number of hydrogen-bond acceptors (Lipinski definition) is 3. The van der Waals surface area contributed by atoms with Crippen LogP contribution >= 0.6 is 0 Å². The summed E-state index contributed by atoms with van der Waals surface area (Å²) in [5, 5.41) is 11.5. The summed E-state index contributed by atoms with van der Waals surface area (Å²) in [5.41, 5.74) is 10.1. The van der Waals surface area contributed by atoms with Gasteiger partial charge in [0, 0.05) is 22.6 Å². The van der Waals surface area contributed by atoms with Gasteiger partial charge in [0.25, 0.3) is 0 Å². The summed E-state index contributed by atoms with van der Waals surface area (Å²) in [6, 6.07) is 11.6. The lowest BCUT2D eigenvalue weighted by Crippen LogP contribution is -2.05. The maximum atomic E-state index is 12.9. The van der Waals surface area contributed by atoms with E-state index in [1.165, 1.54) is 12.1 Å². The summed E-state index contributed by atoms with van der Waals surface area (Å²) < 4.78 is 12.9. The molecule has 25 heavy (non-hydrogen) atoms. The van der Waals surface area contributed by atoms with E-state index in [0.29, 0.717) is 22.9 Å². The molecule has 2 rings (SSSR count). The first-order valence-corrected chi connectivity index (χ1v) is 8.22. The molecule has 0 amide bonds. The first kappa shape index (κ1) is 18.5. The lowest BCUT2D eigenvalue weighted by atomic mass is 10.0. The van der Waals surface area contributed by atoms with Crippen LogP contribution in [0, 0.1) is 17.1 Å². The van der Waals surface area contributed by atoms with Crippen LogP contribution in [0.2, 0.25) is 0 Å². The molecule has 0 unspecified atom stereocenters. The van der Waals surface area contributed by atoms with Gasteiger partial charge in [-0.25, -0.2) is 4.39 Å². The first-order valence-electron chi connectivity index (χ1n) is 8.22. The van der Waals surface area contributed by atoms with E-state index in [4.69, 9.17) is 11.1 Å². The number of hydrogen-bond donors (Lipinski definition) is 3. The molecule has 0 aliphatic carbocycles. The molecule has 0 radical (unpaired) electrons. The average Bonchev–Trinajstić information content (AvgIpc) is 2.55. The van der Waals surface area contributed by atoms with Crippen molar-refractivity contribution in [1.29, 1.82) is 5.41 Å². The van der Waals surface area contributed by atoms with Crippen molar-refractivity contribution in [3.8, 4) is 0 Å². The number of benzene rings is 2. The Kier molecular flexibility index (Phi) is 6.12. The fourth-order valence-corrected chi connectivity index (χ4v) is 2.46. The van der Waals surface area contributed by atoms with Crippen molar-refractivity contribution in [2.45, 2.75) is 20.3 Å². The minimum Gasteiger partial charge on any atom is -0.398 e. The number of rotatable bonds is 7. The van der Waals surface area contributed by atoms with E-state index in [2.05, 4.69) is 25.7 Å². The predicted molar refractivity (Wildman–Crippen MR) is 105 cm³/mol. The van der Waals surface area contributed by atoms with E-state index in [9.17, 15) is 4.39 Å². The largest absolute Gasteiger partial charge is 0.398 e. The molecule has 0 atom stereocenters. The number of nitrogen functional groups attached to an aromatic ring is 1. The second kappa shape index (κ2) is 8.29. The van der Waals surface area contributed by atoms with Crippen LogP contribution in [0.3, 0.4) is 0 Å². The Morgan fingerprint density at radius 3 is 2.56 bits per heavy atom. The zero-order chi connectivity index (χ0) is 18.4. The minimum absolute atomic E-state index is 0.281. The molecule has 0 bridgehead atoms. The smallest absolute Gasteiger partial charge is 0.123 e. The Hall–Kier alpha value is -2.88. The normalized spacial score (nSPS) is 11.0. The summed E-state index contributed by atoms with van der Waals surface area (Å²) in [5.74, 6) is 0.238. The maximum Gasteiger partial charge on any atom is 0.123 e. The van der Waals surface area contributed by atoms with Gasteiger partial charge in [-0.2, -0.15) is 0 Å².